The van der Waals surface area contributed by atoms with E-state index in [-0.39, 0.29) is 23.9 Å². The SMILES string of the molecule is Cl.Cn1c(C(=O)Nc2ccc(N3CCNCC3)cn2)ccc1[N+](=O)[O-]. The molecule has 10 heteroatoms. The summed E-state index contributed by atoms with van der Waals surface area (Å²) in [6.07, 6.45) is 1.72. The summed E-state index contributed by atoms with van der Waals surface area (Å²) in [5, 5.41) is 16.8. The van der Waals surface area contributed by atoms with E-state index in [0.29, 0.717) is 5.82 Å². The minimum Gasteiger partial charge on any atom is -0.368 e. The molecule has 0 unspecified atom stereocenters. The Morgan fingerprint density at radius 1 is 1.28 bits per heavy atom. The van der Waals surface area contributed by atoms with E-state index in [2.05, 4.69) is 20.5 Å². The van der Waals surface area contributed by atoms with Gasteiger partial charge in [0.05, 0.1) is 18.9 Å². The van der Waals surface area contributed by atoms with Gasteiger partial charge in [-0.1, -0.05) is 0 Å². The van der Waals surface area contributed by atoms with E-state index in [0.717, 1.165) is 31.9 Å². The normalized spacial score (nSPS) is 13.9. The fourth-order valence-electron chi connectivity index (χ4n) is 2.66. The summed E-state index contributed by atoms with van der Waals surface area (Å²) in [7, 11) is 1.48. The first kappa shape index (κ1) is 18.7. The molecule has 1 amide bonds. The van der Waals surface area contributed by atoms with E-state index >= 15 is 0 Å². The van der Waals surface area contributed by atoms with E-state index in [1.165, 1.54) is 23.7 Å². The van der Waals surface area contributed by atoms with Crippen LogP contribution < -0.4 is 15.5 Å². The number of pyridine rings is 1. The Bertz CT molecular complexity index is 755. The summed E-state index contributed by atoms with van der Waals surface area (Å²) in [6.45, 7) is 3.70. The second-order valence-corrected chi connectivity index (χ2v) is 5.49. The highest BCUT2D eigenvalue weighted by molar-refractivity contribution is 6.03. The van der Waals surface area contributed by atoms with Crippen LogP contribution >= 0.6 is 12.4 Å². The molecule has 1 fully saturated rings. The van der Waals surface area contributed by atoms with Crippen molar-refractivity contribution in [1.82, 2.24) is 14.9 Å². The molecule has 0 saturated carbocycles. The van der Waals surface area contributed by atoms with Gasteiger partial charge in [-0.3, -0.25) is 4.79 Å². The highest BCUT2D eigenvalue weighted by Crippen LogP contribution is 2.18. The Morgan fingerprint density at radius 3 is 2.56 bits per heavy atom. The number of hydrogen-bond donors (Lipinski definition) is 2. The van der Waals surface area contributed by atoms with Crippen molar-refractivity contribution in [3.63, 3.8) is 0 Å². The molecule has 0 aromatic carbocycles. The van der Waals surface area contributed by atoms with Gasteiger partial charge < -0.3 is 25.6 Å². The molecule has 9 nitrogen and oxygen atoms in total. The van der Waals surface area contributed by atoms with Crippen LogP contribution in [-0.2, 0) is 7.05 Å². The number of amides is 1. The summed E-state index contributed by atoms with van der Waals surface area (Å²) < 4.78 is 1.24. The van der Waals surface area contributed by atoms with Crippen LogP contribution in [0.15, 0.2) is 30.5 Å². The van der Waals surface area contributed by atoms with Crippen LogP contribution in [0.5, 0.6) is 0 Å². The number of anilines is 2. The maximum Gasteiger partial charge on any atom is 0.323 e. The van der Waals surface area contributed by atoms with E-state index in [9.17, 15) is 14.9 Å². The summed E-state index contributed by atoms with van der Waals surface area (Å²) in [4.78, 5) is 29.0. The van der Waals surface area contributed by atoms with E-state index in [4.69, 9.17) is 0 Å². The fraction of sp³-hybridized carbons (Fsp3) is 0.333. The lowest BCUT2D eigenvalue weighted by atomic mass is 10.3. The van der Waals surface area contributed by atoms with Gasteiger partial charge in [-0.15, -0.1) is 12.4 Å². The third-order valence-electron chi connectivity index (χ3n) is 3.99. The number of nitrogens with zero attached hydrogens (tertiary/aromatic N) is 4. The zero-order valence-electron chi connectivity index (χ0n) is 13.6. The van der Waals surface area contributed by atoms with E-state index in [1.54, 1.807) is 12.3 Å². The van der Waals surface area contributed by atoms with Crippen molar-refractivity contribution in [1.29, 1.82) is 0 Å². The van der Waals surface area contributed by atoms with Crippen molar-refractivity contribution in [2.24, 2.45) is 7.05 Å². The number of carbonyl (C=O) groups excluding carboxylic acids is 1. The number of piperazine rings is 1. The number of nitrogens with one attached hydrogen (secondary N) is 2. The van der Waals surface area contributed by atoms with Crippen LogP contribution in [-0.4, -0.2) is 46.6 Å². The first-order valence-corrected chi connectivity index (χ1v) is 7.59. The molecule has 2 aromatic heterocycles. The Morgan fingerprint density at radius 2 is 2.00 bits per heavy atom. The smallest absolute Gasteiger partial charge is 0.323 e. The summed E-state index contributed by atoms with van der Waals surface area (Å²) >= 11 is 0. The van der Waals surface area contributed by atoms with Gasteiger partial charge in [0.15, 0.2) is 5.69 Å². The number of halogens is 1. The summed E-state index contributed by atoms with van der Waals surface area (Å²) in [5.74, 6) is -0.169. The van der Waals surface area contributed by atoms with Crippen molar-refractivity contribution < 1.29 is 9.72 Å². The van der Waals surface area contributed by atoms with Crippen molar-refractivity contribution in [3.05, 3.63) is 46.3 Å². The average Bonchev–Trinajstić information content (AvgIpc) is 2.98. The molecule has 2 N–H and O–H groups in total. The number of hydrogen-bond acceptors (Lipinski definition) is 6. The first-order valence-electron chi connectivity index (χ1n) is 7.59. The average molecular weight is 367 g/mol. The number of carbonyl (C=O) groups is 1. The third-order valence-corrected chi connectivity index (χ3v) is 3.99. The minimum absolute atomic E-state index is 0. The highest BCUT2D eigenvalue weighted by atomic mass is 35.5. The van der Waals surface area contributed by atoms with Gasteiger partial charge >= 0.3 is 5.82 Å². The zero-order valence-corrected chi connectivity index (χ0v) is 14.5. The quantitative estimate of drug-likeness (QED) is 0.626. The lowest BCUT2D eigenvalue weighted by Gasteiger charge is -2.29. The van der Waals surface area contributed by atoms with Crippen molar-refractivity contribution >= 4 is 35.6 Å². The van der Waals surface area contributed by atoms with Gasteiger partial charge in [-0.25, -0.2) is 9.55 Å². The standard InChI is InChI=1S/C15H18N6O3.ClH/c1-19-12(3-5-14(19)21(23)24)15(22)18-13-4-2-11(10-17-13)20-8-6-16-7-9-20;/h2-5,10,16H,6-9H2,1H3,(H,17,18,22);1H. The Balaban J connectivity index is 0.00000225. The van der Waals surface area contributed by atoms with Crippen LogP contribution in [0.4, 0.5) is 17.3 Å². The third kappa shape index (κ3) is 4.06. The molecule has 3 rings (SSSR count). The summed E-state index contributed by atoms with van der Waals surface area (Å²) in [5.41, 5.74) is 1.21. The second-order valence-electron chi connectivity index (χ2n) is 5.49. The molecule has 0 spiro atoms. The van der Waals surface area contributed by atoms with Gasteiger partial charge in [0.25, 0.3) is 5.91 Å². The molecule has 134 valence electrons. The van der Waals surface area contributed by atoms with Gasteiger partial charge in [0, 0.05) is 32.2 Å². The topological polar surface area (TPSA) is 105 Å². The van der Waals surface area contributed by atoms with Crippen LogP contribution in [0.1, 0.15) is 10.5 Å². The predicted molar refractivity (Wildman–Crippen MR) is 96.6 cm³/mol. The van der Waals surface area contributed by atoms with Gasteiger partial charge in [-0.2, -0.15) is 0 Å². The number of aromatic nitrogens is 2. The molecule has 25 heavy (non-hydrogen) atoms. The van der Waals surface area contributed by atoms with Gasteiger partial charge in [-0.05, 0) is 23.1 Å². The molecule has 0 aliphatic carbocycles. The molecule has 1 aliphatic heterocycles. The van der Waals surface area contributed by atoms with Gasteiger partial charge in [0.2, 0.25) is 0 Å². The predicted octanol–water partition coefficient (Wildman–Crippen LogP) is 1.41. The molecule has 0 radical (unpaired) electrons. The second kappa shape index (κ2) is 7.95. The maximum atomic E-state index is 12.2. The largest absolute Gasteiger partial charge is 0.368 e. The van der Waals surface area contributed by atoms with Crippen LogP contribution in [0.3, 0.4) is 0 Å². The Kier molecular flexibility index (Phi) is 5.94. The zero-order chi connectivity index (χ0) is 17.1. The number of nitro groups is 1. The molecule has 1 saturated heterocycles. The molecular formula is C15H19ClN6O3. The Hall–Kier alpha value is -2.65. The monoisotopic (exact) mass is 366 g/mol. The van der Waals surface area contributed by atoms with Crippen molar-refractivity contribution in [3.8, 4) is 0 Å². The number of rotatable bonds is 4. The van der Waals surface area contributed by atoms with E-state index < -0.39 is 10.8 Å². The molecule has 2 aromatic rings. The molecule has 0 atom stereocenters. The van der Waals surface area contributed by atoms with Crippen molar-refractivity contribution in [2.45, 2.75) is 0 Å². The van der Waals surface area contributed by atoms with Crippen LogP contribution in [0, 0.1) is 10.1 Å². The fourth-order valence-corrected chi connectivity index (χ4v) is 2.66. The summed E-state index contributed by atoms with van der Waals surface area (Å²) in [6, 6.07) is 6.35. The molecule has 3 heterocycles. The molecule has 1 aliphatic rings. The lowest BCUT2D eigenvalue weighted by Crippen LogP contribution is -2.43. The van der Waals surface area contributed by atoms with Crippen LogP contribution in [0.2, 0.25) is 0 Å². The van der Waals surface area contributed by atoms with Crippen molar-refractivity contribution in [2.75, 3.05) is 36.4 Å². The first-order chi connectivity index (χ1) is 11.6. The van der Waals surface area contributed by atoms with Gasteiger partial charge in [0.1, 0.15) is 5.82 Å². The highest BCUT2D eigenvalue weighted by Gasteiger charge is 2.21. The lowest BCUT2D eigenvalue weighted by molar-refractivity contribution is -0.391. The molecular weight excluding hydrogens is 348 g/mol. The maximum absolute atomic E-state index is 12.2. The van der Waals surface area contributed by atoms with E-state index in [1.807, 2.05) is 6.07 Å². The van der Waals surface area contributed by atoms with Crippen LogP contribution in [0.25, 0.3) is 0 Å². The minimum atomic E-state index is -0.530. The Labute approximate surface area is 150 Å². The molecule has 0 bridgehead atoms.